The Hall–Kier alpha value is -1.14. The Morgan fingerprint density at radius 3 is 2.67 bits per heavy atom. The molecule has 1 atom stereocenters. The summed E-state index contributed by atoms with van der Waals surface area (Å²) in [5.41, 5.74) is 0. The highest BCUT2D eigenvalue weighted by atomic mass is 16.2. The molecule has 0 spiro atoms. The average molecular weight is 298 g/mol. The van der Waals surface area contributed by atoms with Crippen molar-refractivity contribution in [2.45, 2.75) is 38.6 Å². The van der Waals surface area contributed by atoms with Crippen LogP contribution in [0.25, 0.3) is 0 Å². The first-order valence-corrected chi connectivity index (χ1v) is 7.96. The van der Waals surface area contributed by atoms with Crippen molar-refractivity contribution in [3.05, 3.63) is 0 Å². The third-order valence-electron chi connectivity index (χ3n) is 3.93. The van der Waals surface area contributed by atoms with Gasteiger partial charge in [-0.1, -0.05) is 6.92 Å². The summed E-state index contributed by atoms with van der Waals surface area (Å²) < 4.78 is 0. The van der Waals surface area contributed by atoms with E-state index in [2.05, 4.69) is 15.5 Å². The number of hydrogen-bond donors (Lipinski definition) is 2. The average Bonchev–Trinajstić information content (AvgIpc) is 2.73. The second-order valence-electron chi connectivity index (χ2n) is 5.85. The molecule has 21 heavy (non-hydrogen) atoms. The number of hydrogen-bond acceptors (Lipinski definition) is 4. The van der Waals surface area contributed by atoms with Crippen molar-refractivity contribution in [2.24, 2.45) is 0 Å². The molecule has 1 saturated heterocycles. The van der Waals surface area contributed by atoms with Gasteiger partial charge >= 0.3 is 0 Å². The molecular weight excluding hydrogens is 268 g/mol. The highest BCUT2D eigenvalue weighted by molar-refractivity contribution is 5.85. The van der Waals surface area contributed by atoms with Gasteiger partial charge in [0, 0.05) is 19.6 Å². The van der Waals surface area contributed by atoms with Crippen molar-refractivity contribution in [1.29, 1.82) is 0 Å². The summed E-state index contributed by atoms with van der Waals surface area (Å²) in [6.07, 6.45) is 4.25. The first-order valence-electron chi connectivity index (χ1n) is 7.96. The van der Waals surface area contributed by atoms with Crippen molar-refractivity contribution in [2.75, 3.05) is 46.8 Å². The summed E-state index contributed by atoms with van der Waals surface area (Å²) in [4.78, 5) is 27.4. The van der Waals surface area contributed by atoms with Crippen molar-refractivity contribution in [1.82, 2.24) is 20.4 Å². The molecule has 6 nitrogen and oxygen atoms in total. The van der Waals surface area contributed by atoms with Gasteiger partial charge in [-0.2, -0.15) is 0 Å². The van der Waals surface area contributed by atoms with Crippen LogP contribution in [0, 0.1) is 0 Å². The van der Waals surface area contributed by atoms with Crippen molar-refractivity contribution in [3.63, 3.8) is 0 Å². The molecule has 1 aliphatic rings. The van der Waals surface area contributed by atoms with Gasteiger partial charge in [-0.15, -0.1) is 0 Å². The van der Waals surface area contributed by atoms with E-state index in [1.807, 2.05) is 14.0 Å². The first kappa shape index (κ1) is 17.9. The van der Waals surface area contributed by atoms with E-state index in [9.17, 15) is 9.59 Å². The van der Waals surface area contributed by atoms with E-state index < -0.39 is 0 Å². The van der Waals surface area contributed by atoms with Crippen LogP contribution in [-0.2, 0) is 9.59 Å². The van der Waals surface area contributed by atoms with Gasteiger partial charge in [0.1, 0.15) is 0 Å². The Bertz CT molecular complexity index is 328. The van der Waals surface area contributed by atoms with Crippen molar-refractivity contribution < 1.29 is 9.59 Å². The quantitative estimate of drug-likeness (QED) is 0.697. The fourth-order valence-electron chi connectivity index (χ4n) is 2.53. The minimum absolute atomic E-state index is 0.00125. The minimum Gasteiger partial charge on any atom is -0.355 e. The highest BCUT2D eigenvalue weighted by Crippen LogP contribution is 2.11. The van der Waals surface area contributed by atoms with Gasteiger partial charge in [-0.05, 0) is 45.8 Å². The summed E-state index contributed by atoms with van der Waals surface area (Å²) >= 11 is 0. The van der Waals surface area contributed by atoms with Gasteiger partial charge in [0.15, 0.2) is 0 Å². The number of nitrogens with zero attached hydrogens (tertiary/aromatic N) is 2. The molecule has 1 unspecified atom stereocenters. The number of carbonyl (C=O) groups excluding carboxylic acids is 2. The van der Waals surface area contributed by atoms with Crippen LogP contribution in [0.2, 0.25) is 0 Å². The zero-order valence-electron chi connectivity index (χ0n) is 13.7. The maximum absolute atomic E-state index is 12.2. The third-order valence-corrected chi connectivity index (χ3v) is 3.93. The molecule has 0 aromatic rings. The summed E-state index contributed by atoms with van der Waals surface area (Å²) in [6, 6.07) is 0.450. The van der Waals surface area contributed by atoms with E-state index in [0.717, 1.165) is 38.8 Å². The van der Waals surface area contributed by atoms with Crippen LogP contribution in [0.3, 0.4) is 0 Å². The van der Waals surface area contributed by atoms with E-state index >= 15 is 0 Å². The molecule has 2 amide bonds. The molecule has 2 N–H and O–H groups in total. The molecule has 0 radical (unpaired) electrons. The number of likely N-dealkylation sites (N-methyl/N-ethyl adjacent to an activating group) is 2. The van der Waals surface area contributed by atoms with Crippen LogP contribution in [0.1, 0.15) is 32.6 Å². The van der Waals surface area contributed by atoms with Gasteiger partial charge in [0.2, 0.25) is 11.8 Å². The fraction of sp³-hybridized carbons (Fsp3) is 0.867. The summed E-state index contributed by atoms with van der Waals surface area (Å²) in [6.45, 7) is 5.26. The number of amides is 2. The Kier molecular flexibility index (Phi) is 8.30. The van der Waals surface area contributed by atoms with Gasteiger partial charge in [0.25, 0.3) is 0 Å². The second kappa shape index (κ2) is 9.73. The number of carbonyl (C=O) groups is 2. The van der Waals surface area contributed by atoms with E-state index in [-0.39, 0.29) is 18.4 Å². The molecule has 1 aliphatic heterocycles. The first-order chi connectivity index (χ1) is 10.0. The minimum atomic E-state index is -0.0889. The fourth-order valence-corrected chi connectivity index (χ4v) is 2.53. The van der Waals surface area contributed by atoms with Gasteiger partial charge in [0.05, 0.1) is 13.1 Å². The SMILES string of the molecule is CCCNC(=O)CN(C)C(=O)CN(C)C1CCCNCC1. The van der Waals surface area contributed by atoms with Crippen LogP contribution < -0.4 is 10.6 Å². The third kappa shape index (κ3) is 6.91. The van der Waals surface area contributed by atoms with E-state index in [0.29, 0.717) is 19.1 Å². The maximum Gasteiger partial charge on any atom is 0.239 e. The number of rotatable bonds is 7. The molecule has 1 heterocycles. The monoisotopic (exact) mass is 298 g/mol. The Morgan fingerprint density at radius 2 is 1.95 bits per heavy atom. The molecule has 6 heteroatoms. The van der Waals surface area contributed by atoms with Crippen LogP contribution in [-0.4, -0.2) is 74.5 Å². The van der Waals surface area contributed by atoms with E-state index in [1.54, 1.807) is 7.05 Å². The van der Waals surface area contributed by atoms with Gasteiger partial charge in [-0.3, -0.25) is 14.5 Å². The molecule has 122 valence electrons. The zero-order valence-corrected chi connectivity index (χ0v) is 13.7. The summed E-state index contributed by atoms with van der Waals surface area (Å²) in [5.74, 6) is -0.0876. The lowest BCUT2D eigenvalue weighted by atomic mass is 10.1. The number of nitrogens with one attached hydrogen (secondary N) is 2. The van der Waals surface area contributed by atoms with Crippen LogP contribution in [0.5, 0.6) is 0 Å². The Morgan fingerprint density at radius 1 is 1.19 bits per heavy atom. The van der Waals surface area contributed by atoms with Gasteiger partial charge in [-0.25, -0.2) is 0 Å². The summed E-state index contributed by atoms with van der Waals surface area (Å²) in [7, 11) is 3.69. The van der Waals surface area contributed by atoms with E-state index in [1.165, 1.54) is 4.90 Å². The lowest BCUT2D eigenvalue weighted by Gasteiger charge is -2.28. The molecule has 0 aromatic heterocycles. The molecular formula is C15H30N4O2. The van der Waals surface area contributed by atoms with Crippen molar-refractivity contribution >= 4 is 11.8 Å². The molecule has 0 saturated carbocycles. The second-order valence-corrected chi connectivity index (χ2v) is 5.85. The predicted molar refractivity (Wildman–Crippen MR) is 84.1 cm³/mol. The molecule has 1 fully saturated rings. The highest BCUT2D eigenvalue weighted by Gasteiger charge is 2.21. The largest absolute Gasteiger partial charge is 0.355 e. The normalized spacial score (nSPS) is 19.1. The van der Waals surface area contributed by atoms with Crippen LogP contribution >= 0.6 is 0 Å². The maximum atomic E-state index is 12.2. The van der Waals surface area contributed by atoms with Crippen LogP contribution in [0.15, 0.2) is 0 Å². The summed E-state index contributed by atoms with van der Waals surface area (Å²) in [5, 5.41) is 6.17. The zero-order chi connectivity index (χ0) is 15.7. The van der Waals surface area contributed by atoms with E-state index in [4.69, 9.17) is 0 Å². The molecule has 0 bridgehead atoms. The Labute approximate surface area is 128 Å². The lowest BCUT2D eigenvalue weighted by molar-refractivity contribution is -0.135. The molecule has 0 aromatic carbocycles. The standard InChI is InChI=1S/C15H30N4O2/c1-4-8-17-14(20)11-19(3)15(21)12-18(2)13-6-5-9-16-10-7-13/h13,16H,4-12H2,1-3H3,(H,17,20). The topological polar surface area (TPSA) is 64.7 Å². The van der Waals surface area contributed by atoms with Crippen LogP contribution in [0.4, 0.5) is 0 Å². The van der Waals surface area contributed by atoms with Gasteiger partial charge < -0.3 is 15.5 Å². The Balaban J connectivity index is 2.34. The molecule has 0 aliphatic carbocycles. The smallest absolute Gasteiger partial charge is 0.239 e. The lowest BCUT2D eigenvalue weighted by Crippen LogP contribution is -2.45. The molecule has 1 rings (SSSR count). The van der Waals surface area contributed by atoms with Crippen molar-refractivity contribution in [3.8, 4) is 0 Å². The predicted octanol–water partition coefficient (Wildman–Crippen LogP) is 0.0449.